The van der Waals surface area contributed by atoms with Gasteiger partial charge in [0, 0.05) is 5.56 Å². The third-order valence-corrected chi connectivity index (χ3v) is 3.08. The molecule has 2 rings (SSSR count). The van der Waals surface area contributed by atoms with Crippen molar-refractivity contribution < 1.29 is 19.0 Å². The van der Waals surface area contributed by atoms with Crippen molar-refractivity contribution in [2.45, 2.75) is 6.92 Å². The van der Waals surface area contributed by atoms with Crippen LogP contribution in [-0.4, -0.2) is 22.7 Å². The van der Waals surface area contributed by atoms with E-state index in [9.17, 15) is 9.18 Å². The number of hydrogen-bond acceptors (Lipinski definition) is 4. The molecule has 0 fully saturated rings. The Morgan fingerprint density at radius 2 is 2.33 bits per heavy atom. The molecule has 0 aliphatic carbocycles. The molecule has 0 radical (unpaired) electrons. The molecule has 0 unspecified atom stereocenters. The normalized spacial score (nSPS) is 10.3. The van der Waals surface area contributed by atoms with Crippen LogP contribution in [0.1, 0.15) is 16.6 Å². The van der Waals surface area contributed by atoms with E-state index in [0.29, 0.717) is 12.2 Å². The van der Waals surface area contributed by atoms with Crippen molar-refractivity contribution in [3.05, 3.63) is 34.4 Å². The van der Waals surface area contributed by atoms with Gasteiger partial charge in [-0.3, -0.25) is 0 Å². The lowest BCUT2D eigenvalue weighted by molar-refractivity contribution is 0.0702. The second-order valence-electron chi connectivity index (χ2n) is 3.41. The molecule has 0 bridgehead atoms. The van der Waals surface area contributed by atoms with Crippen molar-refractivity contribution >= 4 is 17.3 Å². The summed E-state index contributed by atoms with van der Waals surface area (Å²) in [6, 6.07) is 4.29. The highest BCUT2D eigenvalue weighted by Gasteiger charge is 2.16. The van der Waals surface area contributed by atoms with Crippen LogP contribution in [0.25, 0.3) is 11.3 Å². The molecule has 0 spiro atoms. The summed E-state index contributed by atoms with van der Waals surface area (Å²) in [6.45, 7) is 2.13. The van der Waals surface area contributed by atoms with Gasteiger partial charge in [-0.25, -0.2) is 14.2 Å². The highest BCUT2D eigenvalue weighted by molar-refractivity contribution is 7.12. The van der Waals surface area contributed by atoms with Crippen LogP contribution in [0.5, 0.6) is 5.75 Å². The first-order chi connectivity index (χ1) is 8.63. The van der Waals surface area contributed by atoms with Crippen LogP contribution in [0.3, 0.4) is 0 Å². The number of carbonyl (C=O) groups is 1. The number of thiazole rings is 1. The molecule has 0 aliphatic rings. The molecule has 94 valence electrons. The van der Waals surface area contributed by atoms with Gasteiger partial charge < -0.3 is 9.84 Å². The highest BCUT2D eigenvalue weighted by atomic mass is 32.1. The maximum atomic E-state index is 13.7. The van der Waals surface area contributed by atoms with E-state index in [4.69, 9.17) is 9.84 Å². The maximum absolute atomic E-state index is 13.7. The Hall–Kier alpha value is -1.95. The zero-order chi connectivity index (χ0) is 13.1. The van der Waals surface area contributed by atoms with E-state index >= 15 is 0 Å². The van der Waals surface area contributed by atoms with Gasteiger partial charge in [0.15, 0.2) is 11.6 Å². The predicted molar refractivity (Wildman–Crippen MR) is 65.6 cm³/mol. The molecule has 0 saturated heterocycles. The number of nitrogens with zero attached hydrogens (tertiary/aromatic N) is 1. The monoisotopic (exact) mass is 267 g/mol. The van der Waals surface area contributed by atoms with Gasteiger partial charge in [0.25, 0.3) is 0 Å². The largest absolute Gasteiger partial charge is 0.491 e. The van der Waals surface area contributed by atoms with Crippen LogP contribution < -0.4 is 4.74 Å². The zero-order valence-electron chi connectivity index (χ0n) is 9.51. The van der Waals surface area contributed by atoms with Crippen LogP contribution in [-0.2, 0) is 0 Å². The molecule has 0 aliphatic heterocycles. The van der Waals surface area contributed by atoms with Crippen molar-refractivity contribution in [2.75, 3.05) is 6.61 Å². The Kier molecular flexibility index (Phi) is 3.57. The first-order valence-electron chi connectivity index (χ1n) is 5.23. The molecule has 0 saturated carbocycles. The number of rotatable bonds is 4. The molecule has 1 N–H and O–H groups in total. The van der Waals surface area contributed by atoms with Crippen LogP contribution in [0.4, 0.5) is 4.39 Å². The van der Waals surface area contributed by atoms with Gasteiger partial charge in [-0.1, -0.05) is 0 Å². The standard InChI is InChI=1S/C12H10FNO3S/c1-2-17-9-4-3-7(5-8(9)13)10-11(12(15)16)18-6-14-10/h3-6H,2H2,1H3,(H,15,16). The van der Waals surface area contributed by atoms with E-state index in [-0.39, 0.29) is 16.3 Å². The third kappa shape index (κ3) is 2.33. The fraction of sp³-hybridized carbons (Fsp3) is 0.167. The lowest BCUT2D eigenvalue weighted by Gasteiger charge is -2.06. The minimum absolute atomic E-state index is 0.0959. The summed E-state index contributed by atoms with van der Waals surface area (Å²) in [5, 5.41) is 8.98. The number of aromatic nitrogens is 1. The van der Waals surface area contributed by atoms with E-state index in [0.717, 1.165) is 11.3 Å². The lowest BCUT2D eigenvalue weighted by Crippen LogP contribution is -1.97. The first-order valence-corrected chi connectivity index (χ1v) is 6.11. The van der Waals surface area contributed by atoms with E-state index in [1.165, 1.54) is 17.6 Å². The summed E-state index contributed by atoms with van der Waals surface area (Å²) >= 11 is 1.01. The number of ether oxygens (including phenoxy) is 1. The molecule has 2 aromatic rings. The second kappa shape index (κ2) is 5.14. The van der Waals surface area contributed by atoms with E-state index < -0.39 is 11.8 Å². The summed E-state index contributed by atoms with van der Waals surface area (Å²) in [5.41, 5.74) is 2.12. The average Bonchev–Trinajstić information content (AvgIpc) is 2.81. The number of halogens is 1. The van der Waals surface area contributed by atoms with Crippen molar-refractivity contribution in [3.8, 4) is 17.0 Å². The van der Waals surface area contributed by atoms with E-state index in [1.54, 1.807) is 13.0 Å². The van der Waals surface area contributed by atoms with Crippen molar-refractivity contribution in [1.29, 1.82) is 0 Å². The predicted octanol–water partition coefficient (Wildman–Crippen LogP) is 3.05. The molecular weight excluding hydrogens is 257 g/mol. The molecule has 0 amide bonds. The van der Waals surface area contributed by atoms with Crippen molar-refractivity contribution in [2.24, 2.45) is 0 Å². The fourth-order valence-electron chi connectivity index (χ4n) is 1.52. The van der Waals surface area contributed by atoms with E-state index in [1.807, 2.05) is 0 Å². The minimum atomic E-state index is -1.07. The van der Waals surface area contributed by atoms with Crippen LogP contribution >= 0.6 is 11.3 Å². The van der Waals surface area contributed by atoms with Gasteiger partial charge in [0.05, 0.1) is 17.8 Å². The third-order valence-electron chi connectivity index (χ3n) is 2.27. The lowest BCUT2D eigenvalue weighted by atomic mass is 10.1. The summed E-state index contributed by atoms with van der Waals surface area (Å²) in [7, 11) is 0. The first kappa shape index (κ1) is 12.5. The molecule has 1 aromatic carbocycles. The van der Waals surface area contributed by atoms with Gasteiger partial charge in [-0.2, -0.15) is 0 Å². The molecule has 18 heavy (non-hydrogen) atoms. The molecule has 4 nitrogen and oxygen atoms in total. The van der Waals surface area contributed by atoms with Crippen LogP contribution in [0.2, 0.25) is 0 Å². The summed E-state index contributed by atoms with van der Waals surface area (Å²) in [5.74, 6) is -1.45. The Morgan fingerprint density at radius 1 is 1.56 bits per heavy atom. The Bertz CT molecular complexity index is 582. The smallest absolute Gasteiger partial charge is 0.348 e. The summed E-state index contributed by atoms with van der Waals surface area (Å²) in [6.07, 6.45) is 0. The average molecular weight is 267 g/mol. The Morgan fingerprint density at radius 3 is 2.94 bits per heavy atom. The van der Waals surface area contributed by atoms with Crippen molar-refractivity contribution in [3.63, 3.8) is 0 Å². The summed E-state index contributed by atoms with van der Waals surface area (Å²) in [4.78, 5) is 15.0. The Labute approximate surface area is 107 Å². The number of carboxylic acids is 1. The van der Waals surface area contributed by atoms with Gasteiger partial charge in [-0.05, 0) is 25.1 Å². The second-order valence-corrected chi connectivity index (χ2v) is 4.27. The zero-order valence-corrected chi connectivity index (χ0v) is 10.3. The van der Waals surface area contributed by atoms with Crippen LogP contribution in [0.15, 0.2) is 23.7 Å². The fourth-order valence-corrected chi connectivity index (χ4v) is 2.17. The minimum Gasteiger partial charge on any atom is -0.491 e. The SMILES string of the molecule is CCOc1ccc(-c2ncsc2C(=O)O)cc1F. The molecule has 1 heterocycles. The van der Waals surface area contributed by atoms with Gasteiger partial charge in [-0.15, -0.1) is 11.3 Å². The summed E-state index contributed by atoms with van der Waals surface area (Å²) < 4.78 is 18.7. The molecular formula is C12H10FNO3S. The number of carboxylic acid groups (broad SMARTS) is 1. The molecule has 6 heteroatoms. The maximum Gasteiger partial charge on any atom is 0.348 e. The Balaban J connectivity index is 2.42. The topological polar surface area (TPSA) is 59.4 Å². The number of benzene rings is 1. The molecule has 0 atom stereocenters. The van der Waals surface area contributed by atoms with Gasteiger partial charge >= 0.3 is 5.97 Å². The van der Waals surface area contributed by atoms with Gasteiger partial charge in [0.2, 0.25) is 0 Å². The number of aromatic carboxylic acids is 1. The van der Waals surface area contributed by atoms with E-state index in [2.05, 4.69) is 4.98 Å². The van der Waals surface area contributed by atoms with Crippen LogP contribution in [0, 0.1) is 5.82 Å². The quantitative estimate of drug-likeness (QED) is 0.925. The number of hydrogen-bond donors (Lipinski definition) is 1. The van der Waals surface area contributed by atoms with Gasteiger partial charge in [0.1, 0.15) is 4.88 Å². The highest BCUT2D eigenvalue weighted by Crippen LogP contribution is 2.29. The molecule has 1 aromatic heterocycles. The van der Waals surface area contributed by atoms with Crippen molar-refractivity contribution in [1.82, 2.24) is 4.98 Å².